The van der Waals surface area contributed by atoms with Crippen molar-refractivity contribution in [3.8, 4) is 0 Å². The number of aromatic nitrogens is 2. The SMILES string of the molecule is Cc1ccc(S(=O)(=O)n2cc(C3CC3)c3cnc(CC(N)=O)cc32)cc1. The lowest BCUT2D eigenvalue weighted by atomic mass is 10.1. The van der Waals surface area contributed by atoms with E-state index in [1.54, 1.807) is 42.7 Å². The topological polar surface area (TPSA) is 95.1 Å². The van der Waals surface area contributed by atoms with Gasteiger partial charge in [-0.1, -0.05) is 17.7 Å². The number of fused-ring (bicyclic) bond motifs is 1. The average molecular weight is 369 g/mol. The van der Waals surface area contributed by atoms with E-state index in [-0.39, 0.29) is 11.3 Å². The zero-order valence-electron chi connectivity index (χ0n) is 14.3. The van der Waals surface area contributed by atoms with E-state index >= 15 is 0 Å². The first-order valence-electron chi connectivity index (χ1n) is 8.46. The normalized spacial score (nSPS) is 14.7. The maximum Gasteiger partial charge on any atom is 0.268 e. The van der Waals surface area contributed by atoms with E-state index in [9.17, 15) is 13.2 Å². The molecule has 0 bridgehead atoms. The molecule has 0 aliphatic heterocycles. The summed E-state index contributed by atoms with van der Waals surface area (Å²) in [6.07, 6.45) is 5.43. The van der Waals surface area contributed by atoms with Crippen molar-refractivity contribution in [1.82, 2.24) is 8.96 Å². The fourth-order valence-electron chi connectivity index (χ4n) is 3.17. The van der Waals surface area contributed by atoms with Crippen molar-refractivity contribution in [2.45, 2.75) is 37.0 Å². The Morgan fingerprint density at radius 2 is 1.96 bits per heavy atom. The van der Waals surface area contributed by atoms with Crippen LogP contribution in [0.1, 0.15) is 35.6 Å². The molecule has 0 spiro atoms. The summed E-state index contributed by atoms with van der Waals surface area (Å²) in [5.74, 6) is -0.130. The molecule has 1 fully saturated rings. The Kier molecular flexibility index (Phi) is 3.84. The van der Waals surface area contributed by atoms with Crippen molar-refractivity contribution in [3.63, 3.8) is 0 Å². The third-order valence-electron chi connectivity index (χ3n) is 4.69. The quantitative estimate of drug-likeness (QED) is 0.747. The molecule has 2 N–H and O–H groups in total. The lowest BCUT2D eigenvalue weighted by molar-refractivity contribution is -0.117. The Labute approximate surface area is 151 Å². The van der Waals surface area contributed by atoms with Gasteiger partial charge in [0.2, 0.25) is 5.91 Å². The number of benzene rings is 1. The van der Waals surface area contributed by atoms with Gasteiger partial charge in [-0.05, 0) is 49.4 Å². The van der Waals surface area contributed by atoms with Crippen molar-refractivity contribution in [2.24, 2.45) is 5.73 Å². The molecule has 1 aliphatic carbocycles. The summed E-state index contributed by atoms with van der Waals surface area (Å²) in [5, 5.41) is 0.816. The van der Waals surface area contributed by atoms with Gasteiger partial charge in [0, 0.05) is 17.8 Å². The van der Waals surface area contributed by atoms with Gasteiger partial charge in [-0.3, -0.25) is 9.78 Å². The summed E-state index contributed by atoms with van der Waals surface area (Å²) >= 11 is 0. The minimum Gasteiger partial charge on any atom is -0.369 e. The van der Waals surface area contributed by atoms with Gasteiger partial charge in [-0.2, -0.15) is 0 Å². The molecular formula is C19H19N3O3S. The number of nitrogens with zero attached hydrogens (tertiary/aromatic N) is 2. The molecule has 26 heavy (non-hydrogen) atoms. The molecule has 1 aromatic carbocycles. The van der Waals surface area contributed by atoms with Crippen molar-refractivity contribution in [1.29, 1.82) is 0 Å². The van der Waals surface area contributed by atoms with E-state index in [0.29, 0.717) is 17.1 Å². The molecule has 1 saturated carbocycles. The smallest absolute Gasteiger partial charge is 0.268 e. The zero-order chi connectivity index (χ0) is 18.5. The molecule has 6 nitrogen and oxygen atoms in total. The van der Waals surface area contributed by atoms with Crippen LogP contribution < -0.4 is 5.73 Å². The molecule has 4 rings (SSSR count). The number of carbonyl (C=O) groups excluding carboxylic acids is 1. The predicted octanol–water partition coefficient (Wildman–Crippen LogP) is 2.49. The van der Waals surface area contributed by atoms with E-state index in [1.165, 1.54) is 3.97 Å². The standard InChI is InChI=1S/C19H19N3O3S/c1-12-2-6-15(7-3-12)26(24,25)22-11-17(13-4-5-13)16-10-21-14(8-18(16)22)9-19(20)23/h2-3,6-8,10-11,13H,4-5,9H2,1H3,(H2,20,23). The van der Waals surface area contributed by atoms with Gasteiger partial charge in [0.15, 0.2) is 0 Å². The third-order valence-corrected chi connectivity index (χ3v) is 6.38. The number of amides is 1. The van der Waals surface area contributed by atoms with Crippen LogP contribution >= 0.6 is 0 Å². The molecule has 3 aromatic rings. The van der Waals surface area contributed by atoms with Crippen molar-refractivity contribution >= 4 is 26.8 Å². The monoisotopic (exact) mass is 369 g/mol. The number of aryl methyl sites for hydroxylation is 1. The summed E-state index contributed by atoms with van der Waals surface area (Å²) in [4.78, 5) is 15.7. The van der Waals surface area contributed by atoms with Gasteiger partial charge in [0.1, 0.15) is 0 Å². The Balaban J connectivity index is 1.92. The van der Waals surface area contributed by atoms with Crippen molar-refractivity contribution in [2.75, 3.05) is 0 Å². The van der Waals surface area contributed by atoms with E-state index in [4.69, 9.17) is 5.73 Å². The first kappa shape index (κ1) is 16.8. The Hall–Kier alpha value is -2.67. The fraction of sp³-hybridized carbons (Fsp3) is 0.263. The van der Waals surface area contributed by atoms with Gasteiger partial charge >= 0.3 is 0 Å². The van der Waals surface area contributed by atoms with E-state index in [1.807, 2.05) is 6.92 Å². The molecular weight excluding hydrogens is 350 g/mol. The predicted molar refractivity (Wildman–Crippen MR) is 98.4 cm³/mol. The van der Waals surface area contributed by atoms with Gasteiger partial charge in [-0.25, -0.2) is 12.4 Å². The Morgan fingerprint density at radius 1 is 1.27 bits per heavy atom. The van der Waals surface area contributed by atoms with Crippen LogP contribution in [0.4, 0.5) is 0 Å². The maximum absolute atomic E-state index is 13.2. The number of pyridine rings is 1. The first-order valence-corrected chi connectivity index (χ1v) is 9.90. The van der Waals surface area contributed by atoms with Crippen LogP contribution in [0.5, 0.6) is 0 Å². The second-order valence-corrected chi connectivity index (χ2v) is 8.62. The number of carbonyl (C=O) groups is 1. The minimum absolute atomic E-state index is 0.0234. The van der Waals surface area contributed by atoms with Gasteiger partial charge in [-0.15, -0.1) is 0 Å². The molecule has 0 radical (unpaired) electrons. The van der Waals surface area contributed by atoms with Crippen LogP contribution in [0.15, 0.2) is 47.6 Å². The molecule has 2 aromatic heterocycles. The van der Waals surface area contributed by atoms with Crippen LogP contribution in [0.2, 0.25) is 0 Å². The summed E-state index contributed by atoms with van der Waals surface area (Å²) in [5.41, 5.74) is 8.25. The highest BCUT2D eigenvalue weighted by molar-refractivity contribution is 7.90. The number of nitrogens with two attached hydrogens (primary N) is 1. The summed E-state index contributed by atoms with van der Waals surface area (Å²) < 4.78 is 27.7. The molecule has 2 heterocycles. The molecule has 0 saturated heterocycles. The maximum atomic E-state index is 13.2. The van der Waals surface area contributed by atoms with Crippen LogP contribution in [-0.2, 0) is 21.2 Å². The van der Waals surface area contributed by atoms with Crippen LogP contribution in [-0.4, -0.2) is 23.3 Å². The fourth-order valence-corrected chi connectivity index (χ4v) is 4.54. The number of rotatable bonds is 5. The highest BCUT2D eigenvalue weighted by Gasteiger charge is 2.30. The summed E-state index contributed by atoms with van der Waals surface area (Å²) in [6.45, 7) is 1.91. The summed E-state index contributed by atoms with van der Waals surface area (Å²) in [7, 11) is -3.74. The van der Waals surface area contributed by atoms with E-state index in [0.717, 1.165) is 29.4 Å². The van der Waals surface area contributed by atoms with E-state index in [2.05, 4.69) is 4.98 Å². The number of hydrogen-bond acceptors (Lipinski definition) is 4. The van der Waals surface area contributed by atoms with Crippen molar-refractivity contribution < 1.29 is 13.2 Å². The van der Waals surface area contributed by atoms with Gasteiger partial charge < -0.3 is 5.73 Å². The third kappa shape index (κ3) is 2.88. The highest BCUT2D eigenvalue weighted by atomic mass is 32.2. The Morgan fingerprint density at radius 3 is 2.58 bits per heavy atom. The molecule has 134 valence electrons. The number of primary amides is 1. The van der Waals surface area contributed by atoms with E-state index < -0.39 is 15.9 Å². The average Bonchev–Trinajstić information content (AvgIpc) is 3.35. The van der Waals surface area contributed by atoms with Crippen LogP contribution in [0.25, 0.3) is 10.9 Å². The largest absolute Gasteiger partial charge is 0.369 e. The lowest BCUT2D eigenvalue weighted by Gasteiger charge is -2.08. The lowest BCUT2D eigenvalue weighted by Crippen LogP contribution is -2.15. The van der Waals surface area contributed by atoms with Crippen LogP contribution in [0.3, 0.4) is 0 Å². The molecule has 0 atom stereocenters. The molecule has 1 amide bonds. The van der Waals surface area contributed by atoms with Crippen molar-refractivity contribution in [3.05, 3.63) is 59.5 Å². The second-order valence-electron chi connectivity index (χ2n) is 6.81. The van der Waals surface area contributed by atoms with Gasteiger partial charge in [0.05, 0.1) is 22.5 Å². The molecule has 1 aliphatic rings. The number of hydrogen-bond donors (Lipinski definition) is 1. The van der Waals surface area contributed by atoms with Crippen LogP contribution in [0, 0.1) is 6.92 Å². The van der Waals surface area contributed by atoms with Gasteiger partial charge in [0.25, 0.3) is 10.0 Å². The minimum atomic E-state index is -3.74. The molecule has 0 unspecified atom stereocenters. The Bertz CT molecular complexity index is 1110. The zero-order valence-corrected chi connectivity index (χ0v) is 15.2. The first-order chi connectivity index (χ1) is 12.4. The highest BCUT2D eigenvalue weighted by Crippen LogP contribution is 2.44. The second kappa shape index (κ2) is 5.95. The summed E-state index contributed by atoms with van der Waals surface area (Å²) in [6, 6.07) is 8.43. The molecule has 7 heteroatoms.